The molecule has 0 saturated carbocycles. The third-order valence-corrected chi connectivity index (χ3v) is 4.04. The summed E-state index contributed by atoms with van der Waals surface area (Å²) in [6.45, 7) is 2.09. The van der Waals surface area contributed by atoms with Gasteiger partial charge in [0.15, 0.2) is 5.78 Å². The Balaban J connectivity index is 2.06. The molecule has 1 aliphatic rings. The molecular formula is C16H23FN2O2. The van der Waals surface area contributed by atoms with Gasteiger partial charge in [-0.3, -0.25) is 9.69 Å². The van der Waals surface area contributed by atoms with Crippen molar-refractivity contribution in [2.45, 2.75) is 18.9 Å². The van der Waals surface area contributed by atoms with E-state index in [1.165, 1.54) is 25.3 Å². The van der Waals surface area contributed by atoms with Gasteiger partial charge in [0.1, 0.15) is 11.6 Å². The van der Waals surface area contributed by atoms with Crippen molar-refractivity contribution in [1.82, 2.24) is 9.80 Å². The van der Waals surface area contributed by atoms with Crippen molar-refractivity contribution in [3.63, 3.8) is 0 Å². The van der Waals surface area contributed by atoms with Gasteiger partial charge in [-0.1, -0.05) is 0 Å². The molecule has 0 radical (unpaired) electrons. The van der Waals surface area contributed by atoms with Crippen LogP contribution in [0.5, 0.6) is 5.75 Å². The van der Waals surface area contributed by atoms with Crippen molar-refractivity contribution in [2.24, 2.45) is 0 Å². The fourth-order valence-electron chi connectivity index (χ4n) is 2.78. The van der Waals surface area contributed by atoms with Gasteiger partial charge in [-0.25, -0.2) is 4.39 Å². The van der Waals surface area contributed by atoms with E-state index in [9.17, 15) is 9.18 Å². The minimum Gasteiger partial charge on any atom is -0.496 e. The van der Waals surface area contributed by atoms with E-state index < -0.39 is 5.82 Å². The second-order valence-corrected chi connectivity index (χ2v) is 5.76. The number of piperidine rings is 1. The highest BCUT2D eigenvalue weighted by atomic mass is 19.1. The van der Waals surface area contributed by atoms with Gasteiger partial charge in [0.2, 0.25) is 0 Å². The van der Waals surface area contributed by atoms with Gasteiger partial charge in [-0.2, -0.15) is 0 Å². The van der Waals surface area contributed by atoms with Crippen molar-refractivity contribution >= 4 is 5.78 Å². The van der Waals surface area contributed by atoms with Crippen molar-refractivity contribution in [3.8, 4) is 5.75 Å². The average molecular weight is 294 g/mol. The molecular weight excluding hydrogens is 271 g/mol. The highest BCUT2D eigenvalue weighted by Gasteiger charge is 2.24. The van der Waals surface area contributed by atoms with Gasteiger partial charge in [0.05, 0.1) is 19.2 Å². The second-order valence-electron chi connectivity index (χ2n) is 5.76. The van der Waals surface area contributed by atoms with Gasteiger partial charge in [0.25, 0.3) is 0 Å². The topological polar surface area (TPSA) is 32.8 Å². The molecule has 1 unspecified atom stereocenters. The normalized spacial score (nSPS) is 19.8. The monoisotopic (exact) mass is 294 g/mol. The third kappa shape index (κ3) is 4.02. The predicted molar refractivity (Wildman–Crippen MR) is 80.4 cm³/mol. The number of ether oxygens (including phenoxy) is 1. The average Bonchev–Trinajstić information content (AvgIpc) is 2.47. The summed E-state index contributed by atoms with van der Waals surface area (Å²) in [4.78, 5) is 16.8. The summed E-state index contributed by atoms with van der Waals surface area (Å²) >= 11 is 0. The quantitative estimate of drug-likeness (QED) is 0.778. The lowest BCUT2D eigenvalue weighted by molar-refractivity contribution is 0.0849. The molecule has 2 rings (SSSR count). The first-order chi connectivity index (χ1) is 10.0. The SMILES string of the molecule is COc1ccc(F)cc1C(=O)CN1CCCC(N(C)C)C1. The zero-order valence-corrected chi connectivity index (χ0v) is 12.9. The molecule has 0 spiro atoms. The molecule has 0 bridgehead atoms. The Hall–Kier alpha value is -1.46. The molecule has 5 heteroatoms. The minimum atomic E-state index is -0.413. The van der Waals surface area contributed by atoms with Crippen LogP contribution in [0.15, 0.2) is 18.2 Å². The van der Waals surface area contributed by atoms with E-state index in [1.54, 1.807) is 0 Å². The number of Topliss-reactive ketones (excluding diaryl/α,β-unsaturated/α-hetero) is 1. The summed E-state index contributed by atoms with van der Waals surface area (Å²) < 4.78 is 18.5. The largest absolute Gasteiger partial charge is 0.496 e. The van der Waals surface area contributed by atoms with Crippen LogP contribution < -0.4 is 4.74 Å². The van der Waals surface area contributed by atoms with E-state index in [0.29, 0.717) is 23.9 Å². The number of carbonyl (C=O) groups is 1. The lowest BCUT2D eigenvalue weighted by Gasteiger charge is -2.35. The van der Waals surface area contributed by atoms with Crippen molar-refractivity contribution < 1.29 is 13.9 Å². The van der Waals surface area contributed by atoms with Crippen LogP contribution >= 0.6 is 0 Å². The number of rotatable bonds is 5. The number of nitrogens with zero attached hydrogens (tertiary/aromatic N) is 2. The maximum absolute atomic E-state index is 13.4. The number of carbonyl (C=O) groups excluding carboxylic acids is 1. The Labute approximate surface area is 125 Å². The predicted octanol–water partition coefficient (Wildman–Crippen LogP) is 2.04. The number of halogens is 1. The summed E-state index contributed by atoms with van der Waals surface area (Å²) in [5, 5.41) is 0. The van der Waals surface area contributed by atoms with Crippen LogP contribution in [0.25, 0.3) is 0 Å². The maximum Gasteiger partial charge on any atom is 0.180 e. The molecule has 1 aromatic rings. The fraction of sp³-hybridized carbons (Fsp3) is 0.562. The van der Waals surface area contributed by atoms with E-state index in [4.69, 9.17) is 4.74 Å². The number of methoxy groups -OCH3 is 1. The zero-order valence-electron chi connectivity index (χ0n) is 12.9. The number of hydrogen-bond donors (Lipinski definition) is 0. The first-order valence-electron chi connectivity index (χ1n) is 7.26. The number of benzene rings is 1. The standard InChI is InChI=1S/C16H23FN2O2/c1-18(2)13-5-4-8-19(10-13)11-15(20)14-9-12(17)6-7-16(14)21-3/h6-7,9,13H,4-5,8,10-11H2,1-3H3. The van der Waals surface area contributed by atoms with Crippen LogP contribution in [0.4, 0.5) is 4.39 Å². The molecule has 1 aliphatic heterocycles. The Morgan fingerprint density at radius 2 is 2.24 bits per heavy atom. The van der Waals surface area contributed by atoms with Crippen LogP contribution in [-0.4, -0.2) is 62.5 Å². The van der Waals surface area contributed by atoms with Gasteiger partial charge < -0.3 is 9.64 Å². The summed E-state index contributed by atoms with van der Waals surface area (Å²) in [7, 11) is 5.62. The van der Waals surface area contributed by atoms with Crippen LogP contribution in [0.1, 0.15) is 23.2 Å². The van der Waals surface area contributed by atoms with Gasteiger partial charge in [-0.05, 0) is 51.7 Å². The second kappa shape index (κ2) is 7.00. The molecule has 21 heavy (non-hydrogen) atoms. The van der Waals surface area contributed by atoms with E-state index in [2.05, 4.69) is 23.9 Å². The molecule has 4 nitrogen and oxygen atoms in total. The number of hydrogen-bond acceptors (Lipinski definition) is 4. The summed E-state index contributed by atoms with van der Waals surface area (Å²) in [5.41, 5.74) is 0.324. The van der Waals surface area contributed by atoms with E-state index in [0.717, 1.165) is 25.9 Å². The van der Waals surface area contributed by atoms with E-state index in [1.807, 2.05) is 0 Å². The summed E-state index contributed by atoms with van der Waals surface area (Å²) in [6.07, 6.45) is 2.23. The fourth-order valence-corrected chi connectivity index (χ4v) is 2.78. The number of likely N-dealkylation sites (N-methyl/N-ethyl adjacent to an activating group) is 1. The highest BCUT2D eigenvalue weighted by molar-refractivity contribution is 6.00. The smallest absolute Gasteiger partial charge is 0.180 e. The minimum absolute atomic E-state index is 0.0919. The number of likely N-dealkylation sites (tertiary alicyclic amines) is 1. The zero-order chi connectivity index (χ0) is 15.4. The Bertz CT molecular complexity index is 505. The summed E-state index contributed by atoms with van der Waals surface area (Å²) in [6, 6.07) is 4.54. The molecule has 1 atom stereocenters. The molecule has 0 aromatic heterocycles. The molecule has 1 fully saturated rings. The van der Waals surface area contributed by atoms with Crippen molar-refractivity contribution in [2.75, 3.05) is 40.8 Å². The number of ketones is 1. The van der Waals surface area contributed by atoms with E-state index >= 15 is 0 Å². The van der Waals surface area contributed by atoms with Crippen molar-refractivity contribution in [1.29, 1.82) is 0 Å². The molecule has 1 aromatic carbocycles. The van der Waals surface area contributed by atoms with Gasteiger partial charge >= 0.3 is 0 Å². The van der Waals surface area contributed by atoms with E-state index in [-0.39, 0.29) is 5.78 Å². The first kappa shape index (κ1) is 15.9. The first-order valence-corrected chi connectivity index (χ1v) is 7.26. The van der Waals surface area contributed by atoms with Crippen LogP contribution in [0.2, 0.25) is 0 Å². The highest BCUT2D eigenvalue weighted by Crippen LogP contribution is 2.21. The Morgan fingerprint density at radius 3 is 2.90 bits per heavy atom. The molecule has 0 amide bonds. The van der Waals surface area contributed by atoms with Crippen LogP contribution in [0, 0.1) is 5.82 Å². The molecule has 1 saturated heterocycles. The summed E-state index contributed by atoms with van der Waals surface area (Å²) in [5.74, 6) is -0.0720. The lowest BCUT2D eigenvalue weighted by Crippen LogP contribution is -2.46. The van der Waals surface area contributed by atoms with Crippen molar-refractivity contribution in [3.05, 3.63) is 29.6 Å². The maximum atomic E-state index is 13.4. The van der Waals surface area contributed by atoms with Crippen LogP contribution in [-0.2, 0) is 0 Å². The van der Waals surface area contributed by atoms with Gasteiger partial charge in [0, 0.05) is 12.6 Å². The molecule has 0 aliphatic carbocycles. The molecule has 116 valence electrons. The Morgan fingerprint density at radius 1 is 1.48 bits per heavy atom. The van der Waals surface area contributed by atoms with Crippen LogP contribution in [0.3, 0.4) is 0 Å². The lowest BCUT2D eigenvalue weighted by atomic mass is 10.0. The molecule has 1 heterocycles. The Kier molecular flexibility index (Phi) is 5.31. The van der Waals surface area contributed by atoms with Gasteiger partial charge in [-0.15, -0.1) is 0 Å². The third-order valence-electron chi connectivity index (χ3n) is 4.04. The molecule has 0 N–H and O–H groups in total.